The van der Waals surface area contributed by atoms with E-state index in [9.17, 15) is 4.39 Å². The smallest absolute Gasteiger partial charge is 0.123 e. The molecule has 2 heteroatoms. The van der Waals surface area contributed by atoms with E-state index in [0.29, 0.717) is 6.04 Å². The summed E-state index contributed by atoms with van der Waals surface area (Å²) >= 11 is 0. The van der Waals surface area contributed by atoms with Crippen molar-refractivity contribution in [2.45, 2.75) is 58.9 Å². The van der Waals surface area contributed by atoms with Gasteiger partial charge in [0.25, 0.3) is 0 Å². The van der Waals surface area contributed by atoms with Crippen LogP contribution >= 0.6 is 0 Å². The fourth-order valence-corrected chi connectivity index (χ4v) is 2.66. The first kappa shape index (κ1) is 15.2. The third-order valence-electron chi connectivity index (χ3n) is 3.49. The number of halogens is 1. The fourth-order valence-electron chi connectivity index (χ4n) is 2.66. The van der Waals surface area contributed by atoms with Gasteiger partial charge in [-0.25, -0.2) is 4.39 Å². The lowest BCUT2D eigenvalue weighted by molar-refractivity contribution is 0.387. The molecule has 0 spiro atoms. The molecule has 1 nitrogen and oxygen atoms in total. The molecular formula is C16H26FN. The summed E-state index contributed by atoms with van der Waals surface area (Å²) in [5, 5.41) is 3.50. The summed E-state index contributed by atoms with van der Waals surface area (Å²) in [4.78, 5) is 0. The van der Waals surface area contributed by atoms with Crippen molar-refractivity contribution in [1.82, 2.24) is 5.32 Å². The van der Waals surface area contributed by atoms with Crippen LogP contribution in [0.25, 0.3) is 0 Å². The average molecular weight is 251 g/mol. The van der Waals surface area contributed by atoms with E-state index in [1.165, 1.54) is 11.6 Å². The van der Waals surface area contributed by atoms with Gasteiger partial charge in [-0.1, -0.05) is 26.8 Å². The zero-order chi connectivity index (χ0) is 13.8. The van der Waals surface area contributed by atoms with Crippen LogP contribution in [0.3, 0.4) is 0 Å². The fraction of sp³-hybridized carbons (Fsp3) is 0.625. The summed E-state index contributed by atoms with van der Waals surface area (Å²) in [5.41, 5.74) is 2.28. The first-order valence-corrected chi connectivity index (χ1v) is 6.87. The minimum atomic E-state index is -0.141. The van der Waals surface area contributed by atoms with E-state index < -0.39 is 0 Å². The summed E-state index contributed by atoms with van der Waals surface area (Å²) in [6.45, 7) is 11.9. The highest BCUT2D eigenvalue weighted by molar-refractivity contribution is 5.33. The summed E-state index contributed by atoms with van der Waals surface area (Å²) in [6.07, 6.45) is 2.15. The molecule has 1 N–H and O–H groups in total. The second-order valence-electron chi connectivity index (χ2n) is 5.90. The van der Waals surface area contributed by atoms with Crippen molar-refractivity contribution in [3.63, 3.8) is 0 Å². The Bertz CT molecular complexity index is 385. The molecule has 0 amide bonds. The van der Waals surface area contributed by atoms with Gasteiger partial charge in [-0.15, -0.1) is 0 Å². The van der Waals surface area contributed by atoms with Gasteiger partial charge in [0.15, 0.2) is 0 Å². The zero-order valence-electron chi connectivity index (χ0n) is 12.3. The SMILES string of the molecule is CCCNC(C)CC(C)(C)c1cc(F)ccc1C. The molecule has 0 aliphatic rings. The Labute approximate surface area is 111 Å². The van der Waals surface area contributed by atoms with Crippen LogP contribution in [0, 0.1) is 12.7 Å². The molecule has 1 atom stereocenters. The summed E-state index contributed by atoms with van der Waals surface area (Å²) in [7, 11) is 0. The lowest BCUT2D eigenvalue weighted by atomic mass is 9.77. The molecule has 1 rings (SSSR count). The minimum Gasteiger partial charge on any atom is -0.314 e. The molecule has 0 heterocycles. The van der Waals surface area contributed by atoms with Gasteiger partial charge in [-0.2, -0.15) is 0 Å². The molecular weight excluding hydrogens is 225 g/mol. The van der Waals surface area contributed by atoms with Gasteiger partial charge >= 0.3 is 0 Å². The molecule has 0 saturated heterocycles. The van der Waals surface area contributed by atoms with Gasteiger partial charge in [0.1, 0.15) is 5.82 Å². The quantitative estimate of drug-likeness (QED) is 0.799. The maximum atomic E-state index is 13.4. The normalized spacial score (nSPS) is 13.7. The van der Waals surface area contributed by atoms with E-state index in [2.05, 4.69) is 39.9 Å². The topological polar surface area (TPSA) is 12.0 Å². The van der Waals surface area contributed by atoms with Crippen LogP contribution in [0.2, 0.25) is 0 Å². The van der Waals surface area contributed by atoms with Crippen LogP contribution < -0.4 is 5.32 Å². The van der Waals surface area contributed by atoms with Crippen molar-refractivity contribution in [2.24, 2.45) is 0 Å². The summed E-state index contributed by atoms with van der Waals surface area (Å²) in [5.74, 6) is -0.141. The van der Waals surface area contributed by atoms with Gasteiger partial charge in [-0.3, -0.25) is 0 Å². The van der Waals surface area contributed by atoms with E-state index in [1.54, 1.807) is 6.07 Å². The van der Waals surface area contributed by atoms with E-state index in [-0.39, 0.29) is 11.2 Å². The third kappa shape index (κ3) is 4.09. The number of aryl methyl sites for hydroxylation is 1. The third-order valence-corrected chi connectivity index (χ3v) is 3.49. The number of hydrogen-bond donors (Lipinski definition) is 1. The molecule has 1 aromatic carbocycles. The van der Waals surface area contributed by atoms with Crippen LogP contribution in [0.1, 0.15) is 51.7 Å². The molecule has 0 aliphatic carbocycles. The number of rotatable bonds is 6. The van der Waals surface area contributed by atoms with E-state index >= 15 is 0 Å². The molecule has 18 heavy (non-hydrogen) atoms. The Morgan fingerprint density at radius 3 is 2.61 bits per heavy atom. The van der Waals surface area contributed by atoms with E-state index in [4.69, 9.17) is 0 Å². The largest absolute Gasteiger partial charge is 0.314 e. The average Bonchev–Trinajstić information content (AvgIpc) is 2.29. The number of hydrogen-bond acceptors (Lipinski definition) is 1. The van der Waals surface area contributed by atoms with Crippen LogP contribution in [0.5, 0.6) is 0 Å². The van der Waals surface area contributed by atoms with Gasteiger partial charge in [0.2, 0.25) is 0 Å². The molecule has 0 fully saturated rings. The van der Waals surface area contributed by atoms with Crippen LogP contribution in [0.4, 0.5) is 4.39 Å². The Hall–Kier alpha value is -0.890. The molecule has 0 saturated carbocycles. The predicted molar refractivity (Wildman–Crippen MR) is 76.5 cm³/mol. The molecule has 0 aromatic heterocycles. The molecule has 0 aliphatic heterocycles. The lowest BCUT2D eigenvalue weighted by Gasteiger charge is -2.30. The summed E-state index contributed by atoms with van der Waals surface area (Å²) < 4.78 is 13.4. The van der Waals surface area contributed by atoms with Crippen LogP contribution in [-0.4, -0.2) is 12.6 Å². The first-order valence-electron chi connectivity index (χ1n) is 6.87. The van der Waals surface area contributed by atoms with Crippen molar-refractivity contribution >= 4 is 0 Å². The maximum absolute atomic E-state index is 13.4. The molecule has 1 aromatic rings. The Kier molecular flexibility index (Phi) is 5.33. The first-order chi connectivity index (χ1) is 8.36. The number of benzene rings is 1. The molecule has 102 valence electrons. The maximum Gasteiger partial charge on any atom is 0.123 e. The van der Waals surface area contributed by atoms with E-state index in [1.807, 2.05) is 6.07 Å². The monoisotopic (exact) mass is 251 g/mol. The Morgan fingerprint density at radius 2 is 2.00 bits per heavy atom. The van der Waals surface area contributed by atoms with Crippen molar-refractivity contribution in [3.8, 4) is 0 Å². The van der Waals surface area contributed by atoms with E-state index in [0.717, 1.165) is 24.9 Å². The van der Waals surface area contributed by atoms with Crippen molar-refractivity contribution in [2.75, 3.05) is 6.54 Å². The van der Waals surface area contributed by atoms with Crippen LogP contribution in [-0.2, 0) is 5.41 Å². The van der Waals surface area contributed by atoms with Crippen molar-refractivity contribution in [1.29, 1.82) is 0 Å². The highest BCUT2D eigenvalue weighted by Gasteiger charge is 2.25. The Balaban J connectivity index is 2.81. The molecule has 0 bridgehead atoms. The van der Waals surface area contributed by atoms with Crippen LogP contribution in [0.15, 0.2) is 18.2 Å². The lowest BCUT2D eigenvalue weighted by Crippen LogP contribution is -2.34. The Morgan fingerprint density at radius 1 is 1.33 bits per heavy atom. The summed E-state index contributed by atoms with van der Waals surface area (Å²) in [6, 6.07) is 5.54. The van der Waals surface area contributed by atoms with Gasteiger partial charge in [0, 0.05) is 6.04 Å². The van der Waals surface area contributed by atoms with Gasteiger partial charge < -0.3 is 5.32 Å². The van der Waals surface area contributed by atoms with Crippen molar-refractivity contribution in [3.05, 3.63) is 35.1 Å². The second-order valence-corrected chi connectivity index (χ2v) is 5.90. The standard InChI is InChI=1S/C16H26FN/c1-6-9-18-13(3)11-16(4,5)15-10-14(17)8-7-12(15)2/h7-8,10,13,18H,6,9,11H2,1-5H3. The van der Waals surface area contributed by atoms with Gasteiger partial charge in [-0.05, 0) is 61.9 Å². The highest BCUT2D eigenvalue weighted by Crippen LogP contribution is 2.31. The minimum absolute atomic E-state index is 0.00760. The predicted octanol–water partition coefficient (Wildman–Crippen LogP) is 4.19. The second kappa shape index (κ2) is 6.33. The number of nitrogens with one attached hydrogen (secondary N) is 1. The zero-order valence-corrected chi connectivity index (χ0v) is 12.3. The highest BCUT2D eigenvalue weighted by atomic mass is 19.1. The molecule has 0 radical (unpaired) electrons. The van der Waals surface area contributed by atoms with Crippen molar-refractivity contribution < 1.29 is 4.39 Å². The van der Waals surface area contributed by atoms with Gasteiger partial charge in [0.05, 0.1) is 0 Å². The molecule has 1 unspecified atom stereocenters.